The van der Waals surface area contributed by atoms with Crippen molar-refractivity contribution in [3.8, 4) is 11.6 Å². The molecule has 6 rings (SSSR count). The third-order valence-corrected chi connectivity index (χ3v) is 7.08. The zero-order valence-electron chi connectivity index (χ0n) is 20.1. The topological polar surface area (TPSA) is 91.9 Å². The van der Waals surface area contributed by atoms with Gasteiger partial charge in [0.1, 0.15) is 17.9 Å². The van der Waals surface area contributed by atoms with E-state index in [1.165, 1.54) is 0 Å². The second-order valence-electron chi connectivity index (χ2n) is 9.71. The van der Waals surface area contributed by atoms with Crippen molar-refractivity contribution in [3.63, 3.8) is 0 Å². The quantitative estimate of drug-likeness (QED) is 0.309. The van der Waals surface area contributed by atoms with Crippen LogP contribution in [0.3, 0.4) is 0 Å². The van der Waals surface area contributed by atoms with E-state index in [2.05, 4.69) is 50.5 Å². The van der Waals surface area contributed by atoms with Crippen LogP contribution in [0, 0.1) is 0 Å². The SMILES string of the molecule is CN(C)CC1(c2cc3nc(Oc4ccccc4)ccc3cc2Cl)CC(Nc2ncnc3[nH]ncc23)C1. The van der Waals surface area contributed by atoms with Gasteiger partial charge in [0, 0.05) is 34.5 Å². The van der Waals surface area contributed by atoms with Crippen LogP contribution in [0.15, 0.2) is 67.1 Å². The third-order valence-electron chi connectivity index (χ3n) is 6.77. The van der Waals surface area contributed by atoms with Gasteiger partial charge in [-0.2, -0.15) is 5.10 Å². The fraction of sp³-hybridized carbons (Fsp3) is 0.259. The maximum Gasteiger partial charge on any atom is 0.219 e. The van der Waals surface area contributed by atoms with Crippen LogP contribution in [0.25, 0.3) is 21.9 Å². The predicted octanol–water partition coefficient (Wildman–Crippen LogP) is 5.42. The minimum atomic E-state index is -0.104. The van der Waals surface area contributed by atoms with E-state index in [1.807, 2.05) is 48.5 Å². The Labute approximate surface area is 213 Å². The fourth-order valence-corrected chi connectivity index (χ4v) is 5.67. The van der Waals surface area contributed by atoms with Crippen LogP contribution in [-0.2, 0) is 5.41 Å². The molecule has 0 aliphatic heterocycles. The van der Waals surface area contributed by atoms with Crippen molar-refractivity contribution >= 4 is 39.4 Å². The Bertz CT molecular complexity index is 1530. The summed E-state index contributed by atoms with van der Waals surface area (Å²) >= 11 is 6.89. The van der Waals surface area contributed by atoms with Gasteiger partial charge in [0.15, 0.2) is 5.65 Å². The molecule has 2 aromatic carbocycles. The number of hydrogen-bond acceptors (Lipinski definition) is 7. The van der Waals surface area contributed by atoms with Gasteiger partial charge < -0.3 is 15.0 Å². The molecule has 3 heterocycles. The molecule has 0 bridgehead atoms. The molecule has 0 spiro atoms. The van der Waals surface area contributed by atoms with Crippen molar-refractivity contribution < 1.29 is 4.74 Å². The number of likely N-dealkylation sites (N-methyl/N-ethyl adjacent to an activating group) is 1. The van der Waals surface area contributed by atoms with Gasteiger partial charge in [-0.25, -0.2) is 15.0 Å². The van der Waals surface area contributed by atoms with Gasteiger partial charge in [-0.1, -0.05) is 29.8 Å². The lowest BCUT2D eigenvalue weighted by Gasteiger charge is -2.50. The average molecular weight is 500 g/mol. The number of anilines is 1. The lowest BCUT2D eigenvalue weighted by molar-refractivity contribution is 0.161. The summed E-state index contributed by atoms with van der Waals surface area (Å²) in [5, 5.41) is 13.2. The van der Waals surface area contributed by atoms with Crippen LogP contribution >= 0.6 is 11.6 Å². The first-order valence-electron chi connectivity index (χ1n) is 11.9. The minimum absolute atomic E-state index is 0.104. The first-order valence-corrected chi connectivity index (χ1v) is 12.3. The maximum absolute atomic E-state index is 6.89. The van der Waals surface area contributed by atoms with Gasteiger partial charge in [-0.15, -0.1) is 0 Å². The van der Waals surface area contributed by atoms with E-state index in [4.69, 9.17) is 21.3 Å². The maximum atomic E-state index is 6.89. The molecular weight excluding hydrogens is 474 g/mol. The molecule has 1 fully saturated rings. The summed E-state index contributed by atoms with van der Waals surface area (Å²) in [6, 6.07) is 18.0. The summed E-state index contributed by atoms with van der Waals surface area (Å²) < 4.78 is 5.98. The number of nitrogens with zero attached hydrogens (tertiary/aromatic N) is 5. The normalized spacial score (nSPS) is 19.5. The van der Waals surface area contributed by atoms with Crippen molar-refractivity contribution in [2.45, 2.75) is 24.3 Å². The zero-order valence-corrected chi connectivity index (χ0v) is 20.8. The Hall–Kier alpha value is -3.75. The van der Waals surface area contributed by atoms with Crippen molar-refractivity contribution in [2.75, 3.05) is 26.0 Å². The van der Waals surface area contributed by atoms with Crippen molar-refractivity contribution in [3.05, 3.63) is 77.7 Å². The molecule has 0 radical (unpaired) electrons. The molecule has 9 heteroatoms. The molecule has 0 unspecified atom stereocenters. The number of aromatic amines is 1. The molecule has 36 heavy (non-hydrogen) atoms. The van der Waals surface area contributed by atoms with E-state index in [9.17, 15) is 0 Å². The van der Waals surface area contributed by atoms with Gasteiger partial charge in [0.2, 0.25) is 5.88 Å². The number of rotatable bonds is 7. The standard InChI is InChI=1S/C27H26ClN7O/c1-35(2)15-27(12-18(13-27)32-25-20-14-31-34-26(20)30-16-29-25)21-11-23-17(10-22(21)28)8-9-24(33-23)36-19-6-4-3-5-7-19/h3-11,14,16,18H,12-13,15H2,1-2H3,(H2,29,30,31,32,34). The summed E-state index contributed by atoms with van der Waals surface area (Å²) in [5.41, 5.74) is 2.60. The highest BCUT2D eigenvalue weighted by molar-refractivity contribution is 6.32. The summed E-state index contributed by atoms with van der Waals surface area (Å²) in [6.07, 6.45) is 5.14. The summed E-state index contributed by atoms with van der Waals surface area (Å²) in [7, 11) is 4.20. The number of fused-ring (bicyclic) bond motifs is 2. The first kappa shape index (κ1) is 22.7. The van der Waals surface area contributed by atoms with Crippen molar-refractivity contribution in [2.24, 2.45) is 0 Å². The van der Waals surface area contributed by atoms with E-state index in [1.54, 1.807) is 12.5 Å². The molecular formula is C27H26ClN7O. The average Bonchev–Trinajstić information content (AvgIpc) is 3.33. The van der Waals surface area contributed by atoms with E-state index >= 15 is 0 Å². The van der Waals surface area contributed by atoms with E-state index in [-0.39, 0.29) is 11.5 Å². The molecule has 0 saturated heterocycles. The largest absolute Gasteiger partial charge is 0.439 e. The summed E-state index contributed by atoms with van der Waals surface area (Å²) in [5.74, 6) is 2.11. The molecule has 2 N–H and O–H groups in total. The number of halogens is 1. The summed E-state index contributed by atoms with van der Waals surface area (Å²) in [4.78, 5) is 15.7. The first-order chi connectivity index (χ1) is 17.5. The van der Waals surface area contributed by atoms with Crippen molar-refractivity contribution in [1.29, 1.82) is 0 Å². The summed E-state index contributed by atoms with van der Waals surface area (Å²) in [6.45, 7) is 0.876. The molecule has 8 nitrogen and oxygen atoms in total. The Balaban J connectivity index is 1.30. The number of para-hydroxylation sites is 1. The zero-order chi connectivity index (χ0) is 24.7. The van der Waals surface area contributed by atoms with Gasteiger partial charge >= 0.3 is 0 Å². The molecule has 1 aliphatic carbocycles. The number of aromatic nitrogens is 5. The Morgan fingerprint density at radius 2 is 1.94 bits per heavy atom. The van der Waals surface area contributed by atoms with Gasteiger partial charge in [0.25, 0.3) is 0 Å². The number of nitrogens with one attached hydrogen (secondary N) is 2. The monoisotopic (exact) mass is 499 g/mol. The van der Waals surface area contributed by atoms with Crippen molar-refractivity contribution in [1.82, 2.24) is 30.0 Å². The molecule has 3 aromatic heterocycles. The molecule has 5 aromatic rings. The third kappa shape index (κ3) is 4.23. The van der Waals surface area contributed by atoms with Gasteiger partial charge in [-0.05, 0) is 62.8 Å². The molecule has 182 valence electrons. The second kappa shape index (κ2) is 9.04. The molecule has 0 atom stereocenters. The van der Waals surface area contributed by atoms with E-state index in [0.29, 0.717) is 5.88 Å². The Morgan fingerprint density at radius 3 is 2.75 bits per heavy atom. The smallest absolute Gasteiger partial charge is 0.219 e. The molecule has 0 amide bonds. The minimum Gasteiger partial charge on any atom is -0.439 e. The van der Waals surface area contributed by atoms with Gasteiger partial charge in [0.05, 0.1) is 17.1 Å². The fourth-order valence-electron chi connectivity index (χ4n) is 5.30. The lowest BCUT2D eigenvalue weighted by atomic mass is 9.61. The van der Waals surface area contributed by atoms with Gasteiger partial charge in [-0.3, -0.25) is 5.10 Å². The lowest BCUT2D eigenvalue weighted by Crippen LogP contribution is -2.53. The second-order valence-corrected chi connectivity index (χ2v) is 10.1. The van der Waals surface area contributed by atoms with Crippen LogP contribution < -0.4 is 10.1 Å². The van der Waals surface area contributed by atoms with Crippen LogP contribution in [0.2, 0.25) is 5.02 Å². The van der Waals surface area contributed by atoms with Crippen LogP contribution in [-0.4, -0.2) is 56.7 Å². The van der Waals surface area contributed by atoms with Crippen LogP contribution in [0.5, 0.6) is 11.6 Å². The number of benzene rings is 2. The van der Waals surface area contributed by atoms with E-state index < -0.39 is 0 Å². The Morgan fingerprint density at radius 1 is 1.11 bits per heavy atom. The predicted molar refractivity (Wildman–Crippen MR) is 142 cm³/mol. The van der Waals surface area contributed by atoms with Crippen LogP contribution in [0.1, 0.15) is 18.4 Å². The highest BCUT2D eigenvalue weighted by Gasteiger charge is 2.47. The van der Waals surface area contributed by atoms with E-state index in [0.717, 1.165) is 63.5 Å². The number of pyridine rings is 1. The highest BCUT2D eigenvalue weighted by atomic mass is 35.5. The number of hydrogen-bond donors (Lipinski definition) is 2. The highest BCUT2D eigenvalue weighted by Crippen LogP contribution is 2.48. The number of ether oxygens (including phenoxy) is 1. The Kier molecular flexibility index (Phi) is 5.70. The number of H-pyrrole nitrogens is 1. The molecule has 1 aliphatic rings. The van der Waals surface area contributed by atoms with Crippen LogP contribution in [0.4, 0.5) is 5.82 Å². The molecule has 1 saturated carbocycles.